The average Bonchev–Trinajstić information content (AvgIpc) is 2.94. The van der Waals surface area contributed by atoms with Gasteiger partial charge in [0.15, 0.2) is 0 Å². The lowest BCUT2D eigenvalue weighted by Crippen LogP contribution is -1.94. The fraction of sp³-hybridized carbons (Fsp3) is 0.100. The van der Waals surface area contributed by atoms with E-state index in [-0.39, 0.29) is 0 Å². The minimum absolute atomic E-state index is 0.414. The van der Waals surface area contributed by atoms with Crippen LogP contribution in [0.15, 0.2) is 30.5 Å². The standard InChI is InChI=1S/C10H9N5S/c11-5-9-13-14-10(16-9)15-8-4-2-1-3-7(8)6-12-15/h1-4,6H,5,11H2. The lowest BCUT2D eigenvalue weighted by molar-refractivity contribution is 0.859. The van der Waals surface area contributed by atoms with Crippen molar-refractivity contribution < 1.29 is 0 Å². The molecule has 0 aliphatic rings. The number of hydrogen-bond donors (Lipinski definition) is 1. The summed E-state index contributed by atoms with van der Waals surface area (Å²) in [5.74, 6) is 0. The van der Waals surface area contributed by atoms with Crippen molar-refractivity contribution in [3.63, 3.8) is 0 Å². The monoisotopic (exact) mass is 231 g/mol. The second-order valence-corrected chi connectivity index (χ2v) is 4.34. The summed E-state index contributed by atoms with van der Waals surface area (Å²) in [7, 11) is 0. The summed E-state index contributed by atoms with van der Waals surface area (Å²) in [5.41, 5.74) is 6.54. The van der Waals surface area contributed by atoms with Gasteiger partial charge in [0.2, 0.25) is 5.13 Å². The summed E-state index contributed by atoms with van der Waals surface area (Å²) in [6.07, 6.45) is 1.82. The molecule has 2 heterocycles. The van der Waals surface area contributed by atoms with Crippen LogP contribution >= 0.6 is 11.3 Å². The van der Waals surface area contributed by atoms with Crippen LogP contribution in [0.25, 0.3) is 16.0 Å². The van der Waals surface area contributed by atoms with Gasteiger partial charge in [0, 0.05) is 11.9 Å². The first kappa shape index (κ1) is 9.44. The van der Waals surface area contributed by atoms with Crippen molar-refractivity contribution in [1.82, 2.24) is 20.0 Å². The minimum atomic E-state index is 0.414. The second kappa shape index (κ2) is 3.66. The smallest absolute Gasteiger partial charge is 0.233 e. The molecule has 16 heavy (non-hydrogen) atoms. The quantitative estimate of drug-likeness (QED) is 0.722. The fourth-order valence-corrected chi connectivity index (χ4v) is 2.23. The number of hydrogen-bond acceptors (Lipinski definition) is 5. The average molecular weight is 231 g/mol. The van der Waals surface area contributed by atoms with E-state index in [0.29, 0.717) is 6.54 Å². The number of nitrogens with zero attached hydrogens (tertiary/aromatic N) is 4. The zero-order valence-corrected chi connectivity index (χ0v) is 9.18. The Kier molecular flexibility index (Phi) is 2.16. The van der Waals surface area contributed by atoms with Gasteiger partial charge in [-0.15, -0.1) is 10.2 Å². The van der Waals surface area contributed by atoms with Crippen LogP contribution in [0.1, 0.15) is 5.01 Å². The number of nitrogens with two attached hydrogens (primary N) is 1. The Morgan fingerprint density at radius 3 is 2.94 bits per heavy atom. The Labute approximate surface area is 95.5 Å². The van der Waals surface area contributed by atoms with E-state index in [1.807, 2.05) is 30.5 Å². The molecule has 0 bridgehead atoms. The van der Waals surface area contributed by atoms with Gasteiger partial charge in [0.25, 0.3) is 0 Å². The van der Waals surface area contributed by atoms with Crippen LogP contribution < -0.4 is 5.73 Å². The Bertz CT molecular complexity index is 627. The van der Waals surface area contributed by atoms with Crippen LogP contribution in [0.3, 0.4) is 0 Å². The molecule has 2 aromatic heterocycles. The zero-order chi connectivity index (χ0) is 11.0. The second-order valence-electron chi connectivity index (χ2n) is 3.30. The Balaban J connectivity index is 2.18. The highest BCUT2D eigenvalue weighted by Gasteiger charge is 2.08. The Morgan fingerprint density at radius 2 is 2.12 bits per heavy atom. The highest BCUT2D eigenvalue weighted by atomic mass is 32.1. The molecular formula is C10H9N5S. The molecule has 0 atom stereocenters. The lowest BCUT2D eigenvalue weighted by atomic mass is 10.3. The molecule has 0 fully saturated rings. The maximum Gasteiger partial charge on any atom is 0.233 e. The fourth-order valence-electron chi connectivity index (χ4n) is 1.54. The van der Waals surface area contributed by atoms with Gasteiger partial charge in [-0.05, 0) is 6.07 Å². The van der Waals surface area contributed by atoms with Crippen molar-refractivity contribution in [2.45, 2.75) is 6.54 Å². The first-order valence-corrected chi connectivity index (χ1v) is 5.66. The van der Waals surface area contributed by atoms with Crippen LogP contribution in [0.5, 0.6) is 0 Å². The van der Waals surface area contributed by atoms with Crippen molar-refractivity contribution in [2.24, 2.45) is 5.73 Å². The van der Waals surface area contributed by atoms with Gasteiger partial charge in [-0.1, -0.05) is 29.5 Å². The molecule has 5 nitrogen and oxygen atoms in total. The van der Waals surface area contributed by atoms with Crippen molar-refractivity contribution in [1.29, 1.82) is 0 Å². The van der Waals surface area contributed by atoms with Gasteiger partial charge >= 0.3 is 0 Å². The van der Waals surface area contributed by atoms with E-state index >= 15 is 0 Å². The summed E-state index contributed by atoms with van der Waals surface area (Å²) in [4.78, 5) is 0. The first-order valence-electron chi connectivity index (χ1n) is 4.84. The van der Waals surface area contributed by atoms with Crippen LogP contribution in [0.4, 0.5) is 0 Å². The van der Waals surface area contributed by atoms with Gasteiger partial charge in [0.1, 0.15) is 5.01 Å². The molecule has 0 radical (unpaired) electrons. The predicted molar refractivity (Wildman–Crippen MR) is 62.4 cm³/mol. The zero-order valence-electron chi connectivity index (χ0n) is 8.37. The third kappa shape index (κ3) is 1.39. The summed E-state index contributed by atoms with van der Waals surface area (Å²) in [5, 5.41) is 15.0. The molecule has 0 aliphatic heterocycles. The molecule has 0 saturated carbocycles. The van der Waals surface area contributed by atoms with E-state index in [2.05, 4.69) is 15.3 Å². The van der Waals surface area contributed by atoms with Crippen LogP contribution in [0.2, 0.25) is 0 Å². The van der Waals surface area contributed by atoms with Crippen molar-refractivity contribution in [3.8, 4) is 5.13 Å². The van der Waals surface area contributed by atoms with Gasteiger partial charge < -0.3 is 5.73 Å². The first-order chi connectivity index (χ1) is 7.88. The molecular weight excluding hydrogens is 222 g/mol. The summed E-state index contributed by atoms with van der Waals surface area (Å²) in [6.45, 7) is 0.414. The number of aromatic nitrogens is 4. The summed E-state index contributed by atoms with van der Waals surface area (Å²) in [6, 6.07) is 7.99. The normalized spacial score (nSPS) is 11.1. The number of fused-ring (bicyclic) bond motifs is 1. The van der Waals surface area contributed by atoms with Gasteiger partial charge in [0.05, 0.1) is 11.7 Å². The lowest BCUT2D eigenvalue weighted by Gasteiger charge is -1.95. The molecule has 0 saturated heterocycles. The van der Waals surface area contributed by atoms with E-state index in [0.717, 1.165) is 21.0 Å². The SMILES string of the molecule is NCc1nnc(-n2ncc3ccccc32)s1. The maximum atomic E-state index is 5.51. The Morgan fingerprint density at radius 1 is 1.25 bits per heavy atom. The van der Waals surface area contributed by atoms with E-state index in [9.17, 15) is 0 Å². The third-order valence-corrected chi connectivity index (χ3v) is 3.21. The largest absolute Gasteiger partial charge is 0.324 e. The van der Waals surface area contributed by atoms with E-state index in [1.165, 1.54) is 11.3 Å². The minimum Gasteiger partial charge on any atom is -0.324 e. The molecule has 1 aromatic carbocycles. The van der Waals surface area contributed by atoms with E-state index in [1.54, 1.807) is 4.68 Å². The molecule has 0 amide bonds. The van der Waals surface area contributed by atoms with E-state index in [4.69, 9.17) is 5.73 Å². The molecule has 80 valence electrons. The number of rotatable bonds is 2. The van der Waals surface area contributed by atoms with Gasteiger partial charge in [-0.2, -0.15) is 5.10 Å². The highest BCUT2D eigenvalue weighted by molar-refractivity contribution is 7.13. The topological polar surface area (TPSA) is 69.6 Å². The molecule has 3 aromatic rings. The molecule has 0 spiro atoms. The summed E-state index contributed by atoms with van der Waals surface area (Å²) >= 11 is 1.46. The van der Waals surface area contributed by atoms with Crippen molar-refractivity contribution in [2.75, 3.05) is 0 Å². The summed E-state index contributed by atoms with van der Waals surface area (Å²) < 4.78 is 1.78. The predicted octanol–water partition coefficient (Wildman–Crippen LogP) is 1.34. The van der Waals surface area contributed by atoms with E-state index < -0.39 is 0 Å². The molecule has 3 rings (SSSR count). The molecule has 2 N–H and O–H groups in total. The van der Waals surface area contributed by atoms with Crippen LogP contribution in [-0.4, -0.2) is 20.0 Å². The number of benzene rings is 1. The molecule has 0 unspecified atom stereocenters. The van der Waals surface area contributed by atoms with Crippen molar-refractivity contribution >= 4 is 22.2 Å². The van der Waals surface area contributed by atoms with Crippen LogP contribution in [0, 0.1) is 0 Å². The third-order valence-electron chi connectivity index (χ3n) is 2.29. The molecule has 0 aliphatic carbocycles. The number of para-hydroxylation sites is 1. The Hall–Kier alpha value is -1.79. The van der Waals surface area contributed by atoms with Gasteiger partial charge in [-0.25, -0.2) is 4.68 Å². The van der Waals surface area contributed by atoms with Gasteiger partial charge in [-0.3, -0.25) is 0 Å². The van der Waals surface area contributed by atoms with Crippen molar-refractivity contribution in [3.05, 3.63) is 35.5 Å². The highest BCUT2D eigenvalue weighted by Crippen LogP contribution is 2.20. The maximum absolute atomic E-state index is 5.51. The van der Waals surface area contributed by atoms with Crippen LogP contribution in [-0.2, 0) is 6.54 Å². The molecule has 6 heteroatoms.